The van der Waals surface area contributed by atoms with Crippen LogP contribution in [-0.2, 0) is 12.8 Å². The van der Waals surface area contributed by atoms with E-state index < -0.39 is 5.54 Å². The van der Waals surface area contributed by atoms with E-state index in [9.17, 15) is 4.79 Å². The van der Waals surface area contributed by atoms with Crippen LogP contribution in [0.25, 0.3) is 5.69 Å². The molecule has 1 aliphatic rings. The van der Waals surface area contributed by atoms with Crippen LogP contribution in [0.2, 0.25) is 5.02 Å². The molecule has 0 bridgehead atoms. The molecular formula is C19H25ClN4O. The Hall–Kier alpha value is -1.85. The van der Waals surface area contributed by atoms with Crippen molar-refractivity contribution in [1.29, 1.82) is 0 Å². The van der Waals surface area contributed by atoms with E-state index in [1.54, 1.807) is 0 Å². The molecule has 0 unspecified atom stereocenters. The molecule has 5 nitrogen and oxygen atoms in total. The maximum atomic E-state index is 12.8. The monoisotopic (exact) mass is 360 g/mol. The Morgan fingerprint density at radius 2 is 1.92 bits per heavy atom. The minimum atomic E-state index is -0.460. The molecule has 0 radical (unpaired) electrons. The lowest BCUT2D eigenvalue weighted by Gasteiger charge is -2.23. The van der Waals surface area contributed by atoms with Crippen LogP contribution in [0.3, 0.4) is 0 Å². The number of halogens is 1. The molecule has 3 rings (SSSR count). The molecule has 0 aliphatic heterocycles. The van der Waals surface area contributed by atoms with Gasteiger partial charge in [0.05, 0.1) is 5.69 Å². The summed E-state index contributed by atoms with van der Waals surface area (Å²) in [5.41, 5.74) is 8.95. The van der Waals surface area contributed by atoms with Gasteiger partial charge in [-0.25, -0.2) is 4.68 Å². The largest absolute Gasteiger partial charge is 0.344 e. The van der Waals surface area contributed by atoms with E-state index in [1.165, 1.54) is 6.42 Å². The number of rotatable bonds is 4. The van der Waals surface area contributed by atoms with E-state index >= 15 is 0 Å². The van der Waals surface area contributed by atoms with Crippen molar-refractivity contribution in [3.05, 3.63) is 46.2 Å². The highest BCUT2D eigenvalue weighted by Gasteiger charge is 2.27. The first-order valence-electron chi connectivity index (χ1n) is 8.80. The van der Waals surface area contributed by atoms with Crippen molar-refractivity contribution in [2.75, 3.05) is 6.54 Å². The van der Waals surface area contributed by atoms with Gasteiger partial charge in [-0.15, -0.1) is 0 Å². The van der Waals surface area contributed by atoms with Crippen LogP contribution in [0.5, 0.6) is 0 Å². The average Bonchev–Trinajstić information content (AvgIpc) is 2.77. The molecule has 0 saturated carbocycles. The minimum Gasteiger partial charge on any atom is -0.344 e. The molecule has 0 atom stereocenters. The van der Waals surface area contributed by atoms with Crippen LogP contribution in [0.4, 0.5) is 0 Å². The zero-order valence-corrected chi connectivity index (χ0v) is 15.6. The lowest BCUT2D eigenvalue weighted by atomic mass is 10.0. The van der Waals surface area contributed by atoms with E-state index in [-0.39, 0.29) is 5.91 Å². The highest BCUT2D eigenvalue weighted by atomic mass is 35.5. The van der Waals surface area contributed by atoms with Gasteiger partial charge in [0.1, 0.15) is 0 Å². The van der Waals surface area contributed by atoms with Crippen LogP contribution < -0.4 is 11.1 Å². The molecule has 2 aromatic rings. The second-order valence-corrected chi connectivity index (χ2v) is 7.70. The summed E-state index contributed by atoms with van der Waals surface area (Å²) >= 11 is 6.01. The summed E-state index contributed by atoms with van der Waals surface area (Å²) in [4.78, 5) is 12.8. The number of aromatic nitrogens is 2. The van der Waals surface area contributed by atoms with Crippen molar-refractivity contribution in [1.82, 2.24) is 15.1 Å². The second kappa shape index (κ2) is 7.18. The summed E-state index contributed by atoms with van der Waals surface area (Å²) < 4.78 is 1.90. The van der Waals surface area contributed by atoms with Gasteiger partial charge in [0, 0.05) is 28.4 Å². The van der Waals surface area contributed by atoms with Crippen molar-refractivity contribution in [2.45, 2.75) is 51.5 Å². The number of nitrogens with two attached hydrogens (primary N) is 1. The first-order chi connectivity index (χ1) is 11.9. The van der Waals surface area contributed by atoms with Crippen molar-refractivity contribution in [3.63, 3.8) is 0 Å². The fraction of sp³-hybridized carbons (Fsp3) is 0.474. The van der Waals surface area contributed by atoms with Crippen LogP contribution in [0.1, 0.15) is 54.9 Å². The van der Waals surface area contributed by atoms with Gasteiger partial charge >= 0.3 is 0 Å². The summed E-state index contributed by atoms with van der Waals surface area (Å²) in [7, 11) is 0. The molecule has 1 heterocycles. The number of carbonyl (C=O) groups is 1. The molecule has 0 saturated heterocycles. The van der Waals surface area contributed by atoms with E-state index in [2.05, 4.69) is 10.4 Å². The molecule has 0 fully saturated rings. The molecule has 25 heavy (non-hydrogen) atoms. The maximum absolute atomic E-state index is 12.8. The zero-order valence-electron chi connectivity index (χ0n) is 14.8. The van der Waals surface area contributed by atoms with Crippen LogP contribution in [0, 0.1) is 0 Å². The van der Waals surface area contributed by atoms with Crippen molar-refractivity contribution < 1.29 is 4.79 Å². The molecule has 1 amide bonds. The number of carbonyl (C=O) groups excluding carboxylic acids is 1. The number of hydrogen-bond acceptors (Lipinski definition) is 3. The van der Waals surface area contributed by atoms with Gasteiger partial charge in [-0.2, -0.15) is 5.10 Å². The summed E-state index contributed by atoms with van der Waals surface area (Å²) in [5.74, 6) is -0.152. The van der Waals surface area contributed by atoms with Gasteiger partial charge < -0.3 is 11.1 Å². The van der Waals surface area contributed by atoms with Crippen LogP contribution in [0.15, 0.2) is 24.3 Å². The fourth-order valence-corrected chi connectivity index (χ4v) is 3.30. The van der Waals surface area contributed by atoms with E-state index in [4.69, 9.17) is 17.3 Å². The van der Waals surface area contributed by atoms with Crippen molar-refractivity contribution in [3.8, 4) is 5.69 Å². The SMILES string of the molecule is CC(C)(CN)NC(=O)c1nn(-c2ccc(Cl)cc2)c2c1CCCCC2. The average molecular weight is 361 g/mol. The molecule has 0 spiro atoms. The van der Waals surface area contributed by atoms with Gasteiger partial charge in [0.15, 0.2) is 5.69 Å². The quantitative estimate of drug-likeness (QED) is 0.822. The summed E-state index contributed by atoms with van der Waals surface area (Å²) in [6.45, 7) is 4.21. The lowest BCUT2D eigenvalue weighted by molar-refractivity contribution is 0.0909. The highest BCUT2D eigenvalue weighted by Crippen LogP contribution is 2.27. The Morgan fingerprint density at radius 1 is 1.24 bits per heavy atom. The van der Waals surface area contributed by atoms with Gasteiger partial charge in [0.25, 0.3) is 5.91 Å². The first kappa shape index (κ1) is 18.0. The van der Waals surface area contributed by atoms with E-state index in [0.717, 1.165) is 42.6 Å². The Kier molecular flexibility index (Phi) is 5.16. The molecular weight excluding hydrogens is 336 g/mol. The molecule has 3 N–H and O–H groups in total. The smallest absolute Gasteiger partial charge is 0.272 e. The van der Waals surface area contributed by atoms with Gasteiger partial charge in [-0.1, -0.05) is 18.0 Å². The Morgan fingerprint density at radius 3 is 2.60 bits per heavy atom. The van der Waals surface area contributed by atoms with Crippen LogP contribution in [-0.4, -0.2) is 27.8 Å². The molecule has 1 aromatic carbocycles. The van der Waals surface area contributed by atoms with E-state index in [0.29, 0.717) is 17.3 Å². The standard InChI is InChI=1S/C19H25ClN4O/c1-19(2,12-21)22-18(25)17-15-6-4-3-5-7-16(15)24(23-17)14-10-8-13(20)9-11-14/h8-11H,3-7,12,21H2,1-2H3,(H,22,25). The fourth-order valence-electron chi connectivity index (χ4n) is 3.17. The zero-order chi connectivity index (χ0) is 18.0. The number of fused-ring (bicyclic) bond motifs is 1. The van der Waals surface area contributed by atoms with Gasteiger partial charge in [0.2, 0.25) is 0 Å². The number of amides is 1. The third kappa shape index (κ3) is 3.88. The second-order valence-electron chi connectivity index (χ2n) is 7.26. The number of hydrogen-bond donors (Lipinski definition) is 2. The number of benzene rings is 1. The predicted octanol–water partition coefficient (Wildman–Crippen LogP) is 3.26. The summed E-state index contributed by atoms with van der Waals surface area (Å²) in [5, 5.41) is 8.36. The molecule has 134 valence electrons. The third-order valence-electron chi connectivity index (χ3n) is 4.68. The molecule has 1 aromatic heterocycles. The topological polar surface area (TPSA) is 72.9 Å². The Balaban J connectivity index is 2.04. The normalized spacial score (nSPS) is 14.7. The lowest BCUT2D eigenvalue weighted by Crippen LogP contribution is -2.49. The number of nitrogens with zero attached hydrogens (tertiary/aromatic N) is 2. The van der Waals surface area contributed by atoms with Gasteiger partial charge in [-0.3, -0.25) is 4.79 Å². The predicted molar refractivity (Wildman–Crippen MR) is 100 cm³/mol. The van der Waals surface area contributed by atoms with Gasteiger partial charge in [-0.05, 0) is 63.8 Å². The highest BCUT2D eigenvalue weighted by molar-refractivity contribution is 6.30. The van der Waals surface area contributed by atoms with Crippen LogP contribution >= 0.6 is 11.6 Å². The van der Waals surface area contributed by atoms with E-state index in [1.807, 2.05) is 42.8 Å². The maximum Gasteiger partial charge on any atom is 0.272 e. The van der Waals surface area contributed by atoms with Crippen molar-refractivity contribution in [2.24, 2.45) is 5.73 Å². The molecule has 1 aliphatic carbocycles. The molecule has 6 heteroatoms. The minimum absolute atomic E-state index is 0.152. The van der Waals surface area contributed by atoms with Crippen molar-refractivity contribution >= 4 is 17.5 Å². The Bertz CT molecular complexity index is 764. The third-order valence-corrected chi connectivity index (χ3v) is 4.93. The number of nitrogens with one attached hydrogen (secondary N) is 1. The first-order valence-corrected chi connectivity index (χ1v) is 9.18. The summed E-state index contributed by atoms with van der Waals surface area (Å²) in [6, 6.07) is 7.57. The summed E-state index contributed by atoms with van der Waals surface area (Å²) in [6.07, 6.45) is 5.18. The Labute approximate surface area is 153 Å².